The third-order valence-electron chi connectivity index (χ3n) is 8.17. The Bertz CT molecular complexity index is 1200. The highest BCUT2D eigenvalue weighted by molar-refractivity contribution is 6.32. The zero-order chi connectivity index (χ0) is 25.8. The smallest absolute Gasteiger partial charge is 0.139 e. The van der Waals surface area contributed by atoms with Gasteiger partial charge < -0.3 is 14.4 Å². The molecule has 0 saturated carbocycles. The molecule has 0 spiro atoms. The van der Waals surface area contributed by atoms with E-state index >= 15 is 0 Å². The van der Waals surface area contributed by atoms with Gasteiger partial charge in [-0.1, -0.05) is 23.7 Å². The van der Waals surface area contributed by atoms with Crippen LogP contribution in [0.2, 0.25) is 5.02 Å². The van der Waals surface area contributed by atoms with Crippen molar-refractivity contribution in [1.82, 2.24) is 9.88 Å². The van der Waals surface area contributed by atoms with Gasteiger partial charge >= 0.3 is 0 Å². The molecule has 2 aliphatic heterocycles. The van der Waals surface area contributed by atoms with E-state index in [-0.39, 0.29) is 0 Å². The van der Waals surface area contributed by atoms with Crippen molar-refractivity contribution in [3.05, 3.63) is 82.1 Å². The molecule has 5 rings (SSSR count). The minimum absolute atomic E-state index is 0.471. The first-order chi connectivity index (χ1) is 18.0. The van der Waals surface area contributed by atoms with E-state index < -0.39 is 0 Å². The second-order valence-electron chi connectivity index (χ2n) is 10.3. The summed E-state index contributed by atoms with van der Waals surface area (Å²) in [6.45, 7) is 8.31. The molecule has 0 bridgehead atoms. The summed E-state index contributed by atoms with van der Waals surface area (Å²) in [5, 5.41) is 0.661. The minimum atomic E-state index is 0.471. The molecule has 5 nitrogen and oxygen atoms in total. The lowest BCUT2D eigenvalue weighted by molar-refractivity contribution is 0.0712. The van der Waals surface area contributed by atoms with Gasteiger partial charge in [-0.2, -0.15) is 0 Å². The Morgan fingerprint density at radius 3 is 2.73 bits per heavy atom. The van der Waals surface area contributed by atoms with Gasteiger partial charge in [0.1, 0.15) is 11.5 Å². The molecule has 6 heteroatoms. The molecule has 2 fully saturated rings. The Kier molecular flexibility index (Phi) is 8.21. The second-order valence-corrected chi connectivity index (χ2v) is 10.7. The van der Waals surface area contributed by atoms with E-state index in [0.29, 0.717) is 17.1 Å². The lowest BCUT2D eigenvalue weighted by atomic mass is 9.86. The Balaban J connectivity index is 1.24. The Hall–Kier alpha value is -2.76. The minimum Gasteiger partial charge on any atom is -0.495 e. The van der Waals surface area contributed by atoms with Crippen LogP contribution in [0.25, 0.3) is 0 Å². The molecule has 3 aromatic rings. The van der Waals surface area contributed by atoms with Gasteiger partial charge in [0, 0.05) is 55.9 Å². The third kappa shape index (κ3) is 5.73. The lowest BCUT2D eigenvalue weighted by Crippen LogP contribution is -2.56. The summed E-state index contributed by atoms with van der Waals surface area (Å²) in [5.74, 6) is 1.76. The number of piperidine rings is 1. The number of methoxy groups -OCH3 is 1. The van der Waals surface area contributed by atoms with Crippen molar-refractivity contribution in [1.29, 1.82) is 0 Å². The Morgan fingerprint density at radius 1 is 1.03 bits per heavy atom. The molecule has 2 aliphatic rings. The quantitative estimate of drug-likeness (QED) is 0.306. The summed E-state index contributed by atoms with van der Waals surface area (Å²) in [6.07, 6.45) is 9.45. The lowest BCUT2D eigenvalue weighted by Gasteiger charge is -2.49. The number of hydrogen-bond acceptors (Lipinski definition) is 5. The maximum Gasteiger partial charge on any atom is 0.139 e. The third-order valence-corrected chi connectivity index (χ3v) is 8.48. The van der Waals surface area contributed by atoms with Crippen LogP contribution in [-0.4, -0.2) is 49.3 Å². The monoisotopic (exact) mass is 519 g/mol. The van der Waals surface area contributed by atoms with Crippen LogP contribution in [0, 0.1) is 13.8 Å². The molecule has 37 heavy (non-hydrogen) atoms. The van der Waals surface area contributed by atoms with Gasteiger partial charge in [0.2, 0.25) is 0 Å². The van der Waals surface area contributed by atoms with Crippen LogP contribution in [0.5, 0.6) is 11.5 Å². The number of piperazine rings is 1. The molecule has 2 saturated heterocycles. The van der Waals surface area contributed by atoms with Gasteiger partial charge in [-0.3, -0.25) is 9.88 Å². The number of halogens is 1. The van der Waals surface area contributed by atoms with Crippen molar-refractivity contribution < 1.29 is 9.47 Å². The normalized spacial score (nSPS) is 19.9. The molecule has 1 aromatic heterocycles. The number of anilines is 1. The number of aromatic nitrogens is 1. The molecule has 0 radical (unpaired) electrons. The van der Waals surface area contributed by atoms with Crippen molar-refractivity contribution in [3.63, 3.8) is 0 Å². The Labute approximate surface area is 226 Å². The van der Waals surface area contributed by atoms with Crippen molar-refractivity contribution in [3.8, 4) is 11.5 Å². The summed E-state index contributed by atoms with van der Waals surface area (Å²) in [7, 11) is 1.68. The van der Waals surface area contributed by atoms with Gasteiger partial charge in [-0.05, 0) is 92.5 Å². The number of pyridine rings is 1. The molecule has 0 amide bonds. The van der Waals surface area contributed by atoms with Crippen LogP contribution in [0.3, 0.4) is 0 Å². The van der Waals surface area contributed by atoms with E-state index in [1.165, 1.54) is 47.2 Å². The number of aryl methyl sites for hydroxylation is 1. The SMILES string of the molecule is COc1cc(N2CCN3[C@@H](CCC[C@@H]3c3ccc(OCCCc4cccnc4)c(C)c3C)C2)ccc1Cl. The van der Waals surface area contributed by atoms with Crippen LogP contribution in [-0.2, 0) is 6.42 Å². The molecule has 2 atom stereocenters. The van der Waals surface area contributed by atoms with E-state index in [0.717, 1.165) is 50.6 Å². The van der Waals surface area contributed by atoms with Crippen LogP contribution in [0.4, 0.5) is 5.69 Å². The van der Waals surface area contributed by atoms with Gasteiger partial charge in [0.15, 0.2) is 0 Å². The molecular formula is C31H38ClN3O2. The number of nitrogens with zero attached hydrogens (tertiary/aromatic N) is 3. The van der Waals surface area contributed by atoms with Gasteiger partial charge in [0.25, 0.3) is 0 Å². The van der Waals surface area contributed by atoms with Crippen molar-refractivity contribution in [2.75, 3.05) is 38.3 Å². The second kappa shape index (κ2) is 11.7. The van der Waals surface area contributed by atoms with Gasteiger partial charge in [-0.25, -0.2) is 0 Å². The zero-order valence-corrected chi connectivity index (χ0v) is 23.0. The maximum absolute atomic E-state index is 6.27. The number of benzene rings is 2. The van der Waals surface area contributed by atoms with Gasteiger partial charge in [-0.15, -0.1) is 0 Å². The van der Waals surface area contributed by atoms with E-state index in [1.54, 1.807) is 7.11 Å². The van der Waals surface area contributed by atoms with E-state index in [9.17, 15) is 0 Å². The summed E-state index contributed by atoms with van der Waals surface area (Å²) >= 11 is 6.27. The number of fused-ring (bicyclic) bond motifs is 1. The van der Waals surface area contributed by atoms with Gasteiger partial charge in [0.05, 0.1) is 18.7 Å². The highest BCUT2D eigenvalue weighted by atomic mass is 35.5. The van der Waals surface area contributed by atoms with E-state index in [4.69, 9.17) is 21.1 Å². The maximum atomic E-state index is 6.27. The fourth-order valence-corrected chi connectivity index (χ4v) is 6.20. The molecule has 0 N–H and O–H groups in total. The predicted octanol–water partition coefficient (Wildman–Crippen LogP) is 6.79. The standard InChI is InChI=1S/C31H38ClN3O2/c1-22-23(2)30(37-18-6-8-24-7-5-15-33-20-24)14-12-27(22)29-10-4-9-26-21-34(16-17-35(26)29)25-11-13-28(32)31(19-25)36-3/h5,7,11-15,19-20,26,29H,4,6,8-10,16-18,21H2,1-3H3/t26-,29+/m0/s1. The van der Waals surface area contributed by atoms with Crippen LogP contribution >= 0.6 is 11.6 Å². The fourth-order valence-electron chi connectivity index (χ4n) is 6.00. The molecule has 196 valence electrons. The van der Waals surface area contributed by atoms with E-state index in [1.807, 2.05) is 24.5 Å². The zero-order valence-electron chi connectivity index (χ0n) is 22.3. The van der Waals surface area contributed by atoms with Crippen LogP contribution in [0.15, 0.2) is 54.9 Å². The molecular weight excluding hydrogens is 482 g/mol. The van der Waals surface area contributed by atoms with Crippen LogP contribution < -0.4 is 14.4 Å². The summed E-state index contributed by atoms with van der Waals surface area (Å²) in [4.78, 5) is 9.44. The number of rotatable bonds is 8. The fraction of sp³-hybridized carbons (Fsp3) is 0.452. The first kappa shape index (κ1) is 25.9. The summed E-state index contributed by atoms with van der Waals surface area (Å²) in [5.41, 5.74) is 6.57. The first-order valence-corrected chi connectivity index (χ1v) is 13.9. The van der Waals surface area contributed by atoms with Crippen molar-refractivity contribution in [2.45, 2.75) is 58.0 Å². The average molecular weight is 520 g/mol. The molecule has 2 aromatic carbocycles. The predicted molar refractivity (Wildman–Crippen MR) is 151 cm³/mol. The van der Waals surface area contributed by atoms with Crippen molar-refractivity contribution in [2.24, 2.45) is 0 Å². The highest BCUT2D eigenvalue weighted by Gasteiger charge is 2.36. The largest absolute Gasteiger partial charge is 0.495 e. The molecule has 0 unspecified atom stereocenters. The summed E-state index contributed by atoms with van der Waals surface area (Å²) < 4.78 is 11.7. The first-order valence-electron chi connectivity index (χ1n) is 13.5. The Morgan fingerprint density at radius 2 is 1.92 bits per heavy atom. The van der Waals surface area contributed by atoms with Crippen LogP contribution in [0.1, 0.15) is 54.0 Å². The number of ether oxygens (including phenoxy) is 2. The highest BCUT2D eigenvalue weighted by Crippen LogP contribution is 2.40. The summed E-state index contributed by atoms with van der Waals surface area (Å²) in [6, 6.07) is 15.8. The van der Waals surface area contributed by atoms with Crippen molar-refractivity contribution >= 4 is 17.3 Å². The molecule has 3 heterocycles. The van der Waals surface area contributed by atoms with E-state index in [2.05, 4.69) is 59.0 Å². The number of hydrogen-bond donors (Lipinski definition) is 0. The average Bonchev–Trinajstić information content (AvgIpc) is 2.93. The molecule has 0 aliphatic carbocycles. The topological polar surface area (TPSA) is 37.8 Å².